The Morgan fingerprint density at radius 2 is 1.85 bits per heavy atom. The Balaban J connectivity index is 1.84. The predicted octanol–water partition coefficient (Wildman–Crippen LogP) is 4.50. The lowest BCUT2D eigenvalue weighted by Crippen LogP contribution is -2.01. The standard InChI is InChI=1S/C17H12BrN5O4/c18-12-3-1-4-13(9-12)21-8-2-5-15(21)11-19-20-16-7-6-14(22(24)25)10-17(16)23(26)27/h1-11,20H/b19-11-. The Hall–Kier alpha value is -3.53. The van der Waals surface area contributed by atoms with E-state index in [4.69, 9.17) is 0 Å². The summed E-state index contributed by atoms with van der Waals surface area (Å²) in [6, 6.07) is 14.7. The maximum Gasteiger partial charge on any atom is 0.301 e. The highest BCUT2D eigenvalue weighted by Crippen LogP contribution is 2.28. The molecule has 0 aliphatic rings. The number of nitrogens with zero attached hydrogens (tertiary/aromatic N) is 4. The van der Waals surface area contributed by atoms with Crippen LogP contribution in [-0.4, -0.2) is 20.6 Å². The molecule has 3 aromatic rings. The van der Waals surface area contributed by atoms with Crippen molar-refractivity contribution in [3.05, 3.63) is 91.2 Å². The van der Waals surface area contributed by atoms with Gasteiger partial charge in [-0.15, -0.1) is 0 Å². The number of nitro groups is 2. The van der Waals surface area contributed by atoms with Gasteiger partial charge in [-0.1, -0.05) is 22.0 Å². The second-order valence-electron chi connectivity index (χ2n) is 5.37. The first-order valence-corrected chi connectivity index (χ1v) is 8.40. The zero-order chi connectivity index (χ0) is 19.4. The molecule has 0 fully saturated rings. The number of non-ortho nitro benzene ring substituents is 1. The zero-order valence-electron chi connectivity index (χ0n) is 13.7. The summed E-state index contributed by atoms with van der Waals surface area (Å²) in [5.74, 6) is 0. The first kappa shape index (κ1) is 18.3. The third kappa shape index (κ3) is 4.18. The maximum atomic E-state index is 11.1. The first-order chi connectivity index (χ1) is 13.0. The fourth-order valence-electron chi connectivity index (χ4n) is 2.41. The Morgan fingerprint density at radius 3 is 2.56 bits per heavy atom. The van der Waals surface area contributed by atoms with Gasteiger partial charge in [0, 0.05) is 22.4 Å². The normalized spacial score (nSPS) is 10.9. The van der Waals surface area contributed by atoms with E-state index in [1.54, 1.807) is 0 Å². The lowest BCUT2D eigenvalue weighted by Gasteiger charge is -2.07. The highest BCUT2D eigenvalue weighted by atomic mass is 79.9. The van der Waals surface area contributed by atoms with Gasteiger partial charge in [0.2, 0.25) is 0 Å². The van der Waals surface area contributed by atoms with E-state index in [2.05, 4.69) is 26.5 Å². The number of rotatable bonds is 6. The third-order valence-corrected chi connectivity index (χ3v) is 4.13. The summed E-state index contributed by atoms with van der Waals surface area (Å²) >= 11 is 3.42. The molecule has 136 valence electrons. The van der Waals surface area contributed by atoms with Gasteiger partial charge in [-0.2, -0.15) is 5.10 Å². The lowest BCUT2D eigenvalue weighted by atomic mass is 10.2. The molecule has 2 aromatic carbocycles. The number of benzene rings is 2. The summed E-state index contributed by atoms with van der Waals surface area (Å²) in [4.78, 5) is 20.5. The third-order valence-electron chi connectivity index (χ3n) is 3.64. The molecule has 9 nitrogen and oxygen atoms in total. The summed E-state index contributed by atoms with van der Waals surface area (Å²) in [7, 11) is 0. The Bertz CT molecular complexity index is 1050. The Morgan fingerprint density at radius 1 is 1.04 bits per heavy atom. The SMILES string of the molecule is O=[N+]([O-])c1ccc(N/N=C\c2cccn2-c2cccc(Br)c2)c([N+](=O)[O-])c1. The number of anilines is 1. The van der Waals surface area contributed by atoms with Crippen molar-refractivity contribution in [1.82, 2.24) is 4.57 Å². The summed E-state index contributed by atoms with van der Waals surface area (Å²) in [5, 5.41) is 25.9. The molecule has 0 aliphatic carbocycles. The topological polar surface area (TPSA) is 116 Å². The van der Waals surface area contributed by atoms with Gasteiger partial charge in [-0.25, -0.2) is 0 Å². The molecule has 0 atom stereocenters. The van der Waals surface area contributed by atoms with Gasteiger partial charge < -0.3 is 4.57 Å². The monoisotopic (exact) mass is 429 g/mol. The van der Waals surface area contributed by atoms with Crippen LogP contribution in [0.1, 0.15) is 5.69 Å². The number of halogens is 1. The van der Waals surface area contributed by atoms with Crippen molar-refractivity contribution in [2.45, 2.75) is 0 Å². The smallest absolute Gasteiger partial charge is 0.301 e. The Labute approximate surface area is 161 Å². The molecule has 0 bridgehead atoms. The molecule has 1 N–H and O–H groups in total. The van der Waals surface area contributed by atoms with Crippen molar-refractivity contribution >= 4 is 39.2 Å². The molecule has 0 aliphatic heterocycles. The quantitative estimate of drug-likeness (QED) is 0.351. The molecule has 0 unspecified atom stereocenters. The van der Waals surface area contributed by atoms with Crippen LogP contribution in [0.4, 0.5) is 17.1 Å². The van der Waals surface area contributed by atoms with Crippen LogP contribution >= 0.6 is 15.9 Å². The van der Waals surface area contributed by atoms with Crippen LogP contribution in [0.5, 0.6) is 0 Å². The van der Waals surface area contributed by atoms with Gasteiger partial charge in [0.15, 0.2) is 0 Å². The molecule has 0 radical (unpaired) electrons. The second-order valence-corrected chi connectivity index (χ2v) is 6.28. The van der Waals surface area contributed by atoms with Crippen molar-refractivity contribution in [1.29, 1.82) is 0 Å². The summed E-state index contributed by atoms with van der Waals surface area (Å²) in [6.45, 7) is 0. The molecule has 10 heteroatoms. The van der Waals surface area contributed by atoms with E-state index >= 15 is 0 Å². The molecule has 0 spiro atoms. The molecular formula is C17H12BrN5O4. The highest BCUT2D eigenvalue weighted by Gasteiger charge is 2.19. The van der Waals surface area contributed by atoms with E-state index in [9.17, 15) is 20.2 Å². The lowest BCUT2D eigenvalue weighted by molar-refractivity contribution is -0.393. The Kier molecular flexibility index (Phi) is 5.27. The van der Waals surface area contributed by atoms with Crippen LogP contribution in [0.2, 0.25) is 0 Å². The second kappa shape index (κ2) is 7.79. The largest absolute Gasteiger partial charge is 0.316 e. The van der Waals surface area contributed by atoms with E-state index < -0.39 is 15.5 Å². The number of nitrogens with one attached hydrogen (secondary N) is 1. The summed E-state index contributed by atoms with van der Waals surface area (Å²) in [6.07, 6.45) is 3.36. The molecule has 0 amide bonds. The van der Waals surface area contributed by atoms with Crippen LogP contribution in [0.25, 0.3) is 5.69 Å². The van der Waals surface area contributed by atoms with E-state index in [1.165, 1.54) is 18.3 Å². The van der Waals surface area contributed by atoms with Crippen molar-refractivity contribution in [2.24, 2.45) is 5.10 Å². The minimum Gasteiger partial charge on any atom is -0.316 e. The van der Waals surface area contributed by atoms with Crippen molar-refractivity contribution in [2.75, 3.05) is 5.43 Å². The molecule has 0 saturated heterocycles. The van der Waals surface area contributed by atoms with Gasteiger partial charge in [-0.3, -0.25) is 25.7 Å². The number of aromatic nitrogens is 1. The van der Waals surface area contributed by atoms with Crippen LogP contribution in [-0.2, 0) is 0 Å². The highest BCUT2D eigenvalue weighted by molar-refractivity contribution is 9.10. The van der Waals surface area contributed by atoms with Crippen LogP contribution in [0.15, 0.2) is 70.4 Å². The summed E-state index contributed by atoms with van der Waals surface area (Å²) < 4.78 is 2.82. The fourth-order valence-corrected chi connectivity index (χ4v) is 2.79. The molecule has 3 rings (SSSR count). The first-order valence-electron chi connectivity index (χ1n) is 7.61. The molecule has 27 heavy (non-hydrogen) atoms. The van der Waals surface area contributed by atoms with E-state index in [1.807, 2.05) is 47.2 Å². The molecule has 1 aromatic heterocycles. The van der Waals surface area contributed by atoms with Crippen LogP contribution in [0, 0.1) is 20.2 Å². The minimum atomic E-state index is -0.699. The summed E-state index contributed by atoms with van der Waals surface area (Å²) in [5.41, 5.74) is 3.50. The molecular weight excluding hydrogens is 418 g/mol. The number of hydrogen-bond donors (Lipinski definition) is 1. The number of hydrogen-bond acceptors (Lipinski definition) is 6. The van der Waals surface area contributed by atoms with Gasteiger partial charge in [0.1, 0.15) is 5.69 Å². The van der Waals surface area contributed by atoms with Gasteiger partial charge in [0.25, 0.3) is 5.69 Å². The minimum absolute atomic E-state index is 0.0578. The average Bonchev–Trinajstić information content (AvgIpc) is 3.10. The molecule has 0 saturated carbocycles. The van der Waals surface area contributed by atoms with Gasteiger partial charge in [-0.05, 0) is 36.4 Å². The van der Waals surface area contributed by atoms with Gasteiger partial charge in [0.05, 0.1) is 27.8 Å². The van der Waals surface area contributed by atoms with E-state index in [0.29, 0.717) is 0 Å². The zero-order valence-corrected chi connectivity index (χ0v) is 15.2. The number of nitro benzene ring substituents is 2. The van der Waals surface area contributed by atoms with Crippen LogP contribution in [0.3, 0.4) is 0 Å². The predicted molar refractivity (Wildman–Crippen MR) is 104 cm³/mol. The van der Waals surface area contributed by atoms with Crippen molar-refractivity contribution in [3.8, 4) is 5.69 Å². The van der Waals surface area contributed by atoms with E-state index in [-0.39, 0.29) is 11.4 Å². The average molecular weight is 430 g/mol. The fraction of sp³-hybridized carbons (Fsp3) is 0. The van der Waals surface area contributed by atoms with Crippen molar-refractivity contribution < 1.29 is 9.85 Å². The van der Waals surface area contributed by atoms with Crippen molar-refractivity contribution in [3.63, 3.8) is 0 Å². The van der Waals surface area contributed by atoms with Gasteiger partial charge >= 0.3 is 5.69 Å². The van der Waals surface area contributed by atoms with E-state index in [0.717, 1.165) is 21.9 Å². The number of hydrazone groups is 1. The maximum absolute atomic E-state index is 11.1. The van der Waals surface area contributed by atoms with Crippen LogP contribution < -0.4 is 5.43 Å². The molecule has 1 heterocycles.